The van der Waals surface area contributed by atoms with Crippen LogP contribution in [0.3, 0.4) is 0 Å². The first kappa shape index (κ1) is 22.8. The van der Waals surface area contributed by atoms with Gasteiger partial charge in [0.05, 0.1) is 33.5 Å². The molecule has 3 aromatic heterocycles. The lowest BCUT2D eigenvalue weighted by Crippen LogP contribution is -2.29. The molecule has 0 bridgehead atoms. The third kappa shape index (κ3) is 4.06. The lowest BCUT2D eigenvalue weighted by atomic mass is 9.96. The number of aryl methyl sites for hydroxylation is 1. The van der Waals surface area contributed by atoms with Crippen molar-refractivity contribution in [2.45, 2.75) is 32.5 Å². The van der Waals surface area contributed by atoms with Crippen molar-refractivity contribution >= 4 is 40.5 Å². The molecule has 5 rings (SSSR count). The molecule has 5 nitrogen and oxygen atoms in total. The van der Waals surface area contributed by atoms with E-state index < -0.39 is 0 Å². The Kier molecular flexibility index (Phi) is 6.30. The molecule has 0 amide bonds. The van der Waals surface area contributed by atoms with E-state index in [0.717, 1.165) is 33.9 Å². The average molecular weight is 508 g/mol. The third-order valence-corrected chi connectivity index (χ3v) is 7.40. The molecule has 172 valence electrons. The smallest absolute Gasteiger partial charge is 0.170 e. The molecule has 1 aliphatic rings. The highest BCUT2D eigenvalue weighted by Gasteiger charge is 2.41. The van der Waals surface area contributed by atoms with Gasteiger partial charge in [-0.3, -0.25) is 9.97 Å². The Morgan fingerprint density at radius 2 is 1.88 bits per heavy atom. The summed E-state index contributed by atoms with van der Waals surface area (Å²) in [6.45, 7) is 4.82. The van der Waals surface area contributed by atoms with Crippen molar-refractivity contribution in [1.29, 1.82) is 0 Å². The van der Waals surface area contributed by atoms with Gasteiger partial charge in [-0.2, -0.15) is 0 Å². The molecule has 2 atom stereocenters. The molecule has 1 aliphatic heterocycles. The third-order valence-electron chi connectivity index (χ3n) is 6.23. The number of nitrogens with one attached hydrogen (secondary N) is 1. The molecular weight excluding hydrogens is 485 g/mol. The maximum atomic E-state index is 6.61. The van der Waals surface area contributed by atoms with Gasteiger partial charge >= 0.3 is 0 Å². The first-order chi connectivity index (χ1) is 16.5. The first-order valence-electron chi connectivity index (χ1n) is 11.0. The Bertz CT molecular complexity index is 1340. The van der Waals surface area contributed by atoms with E-state index in [-0.39, 0.29) is 12.1 Å². The van der Waals surface area contributed by atoms with Gasteiger partial charge in [0, 0.05) is 36.5 Å². The van der Waals surface area contributed by atoms with Gasteiger partial charge in [-0.1, -0.05) is 41.4 Å². The molecular formula is C26H23Cl2N5S. The van der Waals surface area contributed by atoms with Crippen LogP contribution in [0.25, 0.3) is 5.69 Å². The molecule has 1 saturated heterocycles. The van der Waals surface area contributed by atoms with Crippen LogP contribution in [0, 0.1) is 13.8 Å². The maximum absolute atomic E-state index is 6.61. The van der Waals surface area contributed by atoms with E-state index in [1.807, 2.05) is 48.8 Å². The molecule has 0 unspecified atom stereocenters. The zero-order valence-corrected chi connectivity index (χ0v) is 21.1. The molecule has 0 radical (unpaired) electrons. The van der Waals surface area contributed by atoms with Crippen molar-refractivity contribution in [3.8, 4) is 5.69 Å². The SMILES string of the molecule is Cc1cc([C@@H]2[C@@H](c3ccccn3)NC(=S)N2Cc2cccnc2)c(C)n1-c1cccc(Cl)c1Cl. The first-order valence-corrected chi connectivity index (χ1v) is 12.1. The van der Waals surface area contributed by atoms with Crippen LogP contribution in [-0.4, -0.2) is 24.5 Å². The molecule has 0 aliphatic carbocycles. The van der Waals surface area contributed by atoms with E-state index >= 15 is 0 Å². The molecule has 4 heterocycles. The number of thiocarbonyl (C=S) groups is 1. The summed E-state index contributed by atoms with van der Waals surface area (Å²) in [5, 5.41) is 5.28. The van der Waals surface area contributed by atoms with Gasteiger partial charge in [-0.25, -0.2) is 0 Å². The minimum Gasteiger partial charge on any atom is -0.352 e. The van der Waals surface area contributed by atoms with Crippen LogP contribution in [0.15, 0.2) is 73.2 Å². The summed E-state index contributed by atoms with van der Waals surface area (Å²) in [7, 11) is 0. The number of benzene rings is 1. The molecule has 0 saturated carbocycles. The summed E-state index contributed by atoms with van der Waals surface area (Å²) in [5.74, 6) is 0. The number of nitrogens with zero attached hydrogens (tertiary/aromatic N) is 4. The second-order valence-corrected chi connectivity index (χ2v) is 9.52. The number of hydrogen-bond acceptors (Lipinski definition) is 3. The zero-order valence-electron chi connectivity index (χ0n) is 18.7. The van der Waals surface area contributed by atoms with E-state index in [2.05, 4.69) is 50.7 Å². The van der Waals surface area contributed by atoms with Gasteiger partial charge < -0.3 is 14.8 Å². The summed E-state index contributed by atoms with van der Waals surface area (Å²) < 4.78 is 2.16. The number of halogens is 2. The van der Waals surface area contributed by atoms with E-state index in [1.54, 1.807) is 12.3 Å². The zero-order chi connectivity index (χ0) is 23.8. The highest BCUT2D eigenvalue weighted by molar-refractivity contribution is 7.80. The molecule has 34 heavy (non-hydrogen) atoms. The van der Waals surface area contributed by atoms with Gasteiger partial charge in [0.1, 0.15) is 0 Å². The summed E-state index contributed by atoms with van der Waals surface area (Å²) in [5.41, 5.74) is 6.18. The lowest BCUT2D eigenvalue weighted by molar-refractivity contribution is 0.310. The summed E-state index contributed by atoms with van der Waals surface area (Å²) in [6, 6.07) is 17.7. The van der Waals surface area contributed by atoms with Gasteiger partial charge in [-0.05, 0) is 73.6 Å². The topological polar surface area (TPSA) is 46.0 Å². The molecule has 1 fully saturated rings. The molecule has 1 N–H and O–H groups in total. The largest absolute Gasteiger partial charge is 0.352 e. The predicted molar refractivity (Wildman–Crippen MR) is 140 cm³/mol. The van der Waals surface area contributed by atoms with Crippen LogP contribution in [0.5, 0.6) is 0 Å². The van der Waals surface area contributed by atoms with Crippen LogP contribution in [-0.2, 0) is 6.54 Å². The van der Waals surface area contributed by atoms with Crippen molar-refractivity contribution in [3.05, 3.63) is 111 Å². The second-order valence-electron chi connectivity index (χ2n) is 8.35. The minimum absolute atomic E-state index is 0.0690. The van der Waals surface area contributed by atoms with Gasteiger partial charge in [-0.15, -0.1) is 0 Å². The molecule has 1 aromatic carbocycles. The van der Waals surface area contributed by atoms with E-state index in [1.165, 1.54) is 0 Å². The monoisotopic (exact) mass is 507 g/mol. The van der Waals surface area contributed by atoms with E-state index in [9.17, 15) is 0 Å². The molecule has 0 spiro atoms. The number of rotatable bonds is 5. The predicted octanol–water partition coefficient (Wildman–Crippen LogP) is 6.36. The fourth-order valence-electron chi connectivity index (χ4n) is 4.73. The Balaban J connectivity index is 1.64. The van der Waals surface area contributed by atoms with Crippen LogP contribution in [0.1, 0.15) is 40.3 Å². The van der Waals surface area contributed by atoms with Gasteiger partial charge in [0.25, 0.3) is 0 Å². The Morgan fingerprint density at radius 3 is 2.62 bits per heavy atom. The number of aromatic nitrogens is 3. The van der Waals surface area contributed by atoms with E-state index in [4.69, 9.17) is 35.4 Å². The van der Waals surface area contributed by atoms with Crippen LogP contribution < -0.4 is 5.32 Å². The van der Waals surface area contributed by atoms with Crippen LogP contribution in [0.2, 0.25) is 10.0 Å². The maximum Gasteiger partial charge on any atom is 0.170 e. The van der Waals surface area contributed by atoms with Gasteiger partial charge in [0.15, 0.2) is 5.11 Å². The summed E-state index contributed by atoms with van der Waals surface area (Å²) >= 11 is 18.8. The quantitative estimate of drug-likeness (QED) is 0.318. The van der Waals surface area contributed by atoms with Gasteiger partial charge in [0.2, 0.25) is 0 Å². The van der Waals surface area contributed by atoms with Crippen LogP contribution in [0.4, 0.5) is 0 Å². The minimum atomic E-state index is -0.103. The second kappa shape index (κ2) is 9.37. The van der Waals surface area contributed by atoms with Crippen molar-refractivity contribution in [2.75, 3.05) is 0 Å². The fraction of sp³-hybridized carbons (Fsp3) is 0.192. The van der Waals surface area contributed by atoms with E-state index in [0.29, 0.717) is 21.7 Å². The van der Waals surface area contributed by atoms with Crippen LogP contribution >= 0.6 is 35.4 Å². The summed E-state index contributed by atoms with van der Waals surface area (Å²) in [4.78, 5) is 11.2. The Labute approximate surface area is 214 Å². The highest BCUT2D eigenvalue weighted by Crippen LogP contribution is 2.43. The Hall–Kier alpha value is -2.93. The van der Waals surface area contributed by atoms with Crippen molar-refractivity contribution in [3.63, 3.8) is 0 Å². The fourth-order valence-corrected chi connectivity index (χ4v) is 5.41. The average Bonchev–Trinajstić information content (AvgIpc) is 3.32. The standard InChI is InChI=1S/C26H23Cl2N5S/c1-16-13-19(17(2)33(16)22-10-5-8-20(27)23(22)28)25-24(21-9-3-4-12-30-21)31-26(34)32(25)15-18-7-6-11-29-14-18/h3-14,24-25H,15H2,1-2H3,(H,31,34)/t24-,25-/m1/s1. The normalized spacial score (nSPS) is 17.8. The Morgan fingerprint density at radius 1 is 1.03 bits per heavy atom. The molecule has 8 heteroatoms. The number of hydrogen-bond donors (Lipinski definition) is 1. The molecule has 4 aromatic rings. The summed E-state index contributed by atoms with van der Waals surface area (Å²) in [6.07, 6.45) is 5.47. The van der Waals surface area contributed by atoms with Crippen molar-refractivity contribution in [1.82, 2.24) is 24.8 Å². The van der Waals surface area contributed by atoms with Crippen molar-refractivity contribution < 1.29 is 0 Å². The van der Waals surface area contributed by atoms with Crippen molar-refractivity contribution in [2.24, 2.45) is 0 Å². The highest BCUT2D eigenvalue weighted by atomic mass is 35.5. The number of pyridine rings is 2. The lowest BCUT2D eigenvalue weighted by Gasteiger charge is -2.28.